The number of aliphatic carboxylic acids is 1. The highest BCUT2D eigenvalue weighted by Gasteiger charge is 2.29. The number of benzene rings is 1. The summed E-state index contributed by atoms with van der Waals surface area (Å²) in [5.74, 6) is -0.571. The Labute approximate surface area is 223 Å². The van der Waals surface area contributed by atoms with E-state index in [1.165, 1.54) is 15.7 Å². The number of hydrogen-bond acceptors (Lipinski definition) is 7. The van der Waals surface area contributed by atoms with E-state index in [2.05, 4.69) is 15.3 Å². The van der Waals surface area contributed by atoms with E-state index in [0.717, 1.165) is 18.4 Å². The fraction of sp³-hybridized carbons (Fsp3) is 0.462. The van der Waals surface area contributed by atoms with Gasteiger partial charge in [-0.3, -0.25) is 9.48 Å². The Morgan fingerprint density at radius 1 is 1.11 bits per heavy atom. The van der Waals surface area contributed by atoms with Gasteiger partial charge in [-0.1, -0.05) is 35.5 Å². The van der Waals surface area contributed by atoms with Crippen LogP contribution >= 0.6 is 0 Å². The molecule has 2 atom stereocenters. The fourth-order valence-corrected chi connectivity index (χ4v) is 5.74. The summed E-state index contributed by atoms with van der Waals surface area (Å²) in [6, 6.07) is 13.0. The summed E-state index contributed by atoms with van der Waals surface area (Å²) < 4.78 is 36.7. The van der Waals surface area contributed by atoms with Crippen LogP contribution in [0.2, 0.25) is 0 Å². The number of carboxylic acids is 1. The van der Waals surface area contributed by atoms with Gasteiger partial charge in [-0.25, -0.2) is 4.98 Å². The first-order chi connectivity index (χ1) is 18.1. The highest BCUT2D eigenvalue weighted by atomic mass is 32.2. The molecule has 11 nitrogen and oxygen atoms in total. The number of nitrogens with zero attached hydrogens (tertiary/aromatic N) is 6. The molecule has 0 bridgehead atoms. The molecule has 1 aliphatic rings. The van der Waals surface area contributed by atoms with Crippen LogP contribution in [-0.2, 0) is 35.1 Å². The van der Waals surface area contributed by atoms with Gasteiger partial charge in [0.25, 0.3) is 10.2 Å². The van der Waals surface area contributed by atoms with E-state index in [1.807, 2.05) is 37.3 Å². The van der Waals surface area contributed by atoms with E-state index >= 15 is 0 Å². The van der Waals surface area contributed by atoms with Crippen molar-refractivity contribution in [3.05, 3.63) is 59.4 Å². The summed E-state index contributed by atoms with van der Waals surface area (Å²) in [5.41, 5.74) is 3.16. The molecule has 0 spiro atoms. The minimum Gasteiger partial charge on any atom is -0.489 e. The Morgan fingerprint density at radius 2 is 1.82 bits per heavy atom. The smallest absolute Gasteiger partial charge is 0.306 e. The van der Waals surface area contributed by atoms with Gasteiger partial charge in [-0.05, 0) is 50.3 Å². The van der Waals surface area contributed by atoms with Gasteiger partial charge < -0.3 is 9.84 Å². The third-order valence-corrected chi connectivity index (χ3v) is 8.73. The first kappa shape index (κ1) is 27.7. The second kappa shape index (κ2) is 11.6. The van der Waals surface area contributed by atoms with E-state index in [4.69, 9.17) is 4.74 Å². The molecule has 12 heteroatoms. The van der Waals surface area contributed by atoms with Crippen molar-refractivity contribution in [1.82, 2.24) is 28.6 Å². The van der Waals surface area contributed by atoms with Gasteiger partial charge in [0.2, 0.25) is 0 Å². The summed E-state index contributed by atoms with van der Waals surface area (Å²) in [5, 5.41) is 17.7. The summed E-state index contributed by atoms with van der Waals surface area (Å²) in [6.07, 6.45) is 2.59. The number of carboxylic acid groups (broad SMARTS) is 1. The summed E-state index contributed by atoms with van der Waals surface area (Å²) in [4.78, 5) is 16.0. The van der Waals surface area contributed by atoms with Crippen LogP contribution in [0.25, 0.3) is 11.4 Å². The maximum atomic E-state index is 13.2. The van der Waals surface area contributed by atoms with E-state index in [0.29, 0.717) is 41.4 Å². The van der Waals surface area contributed by atoms with Crippen molar-refractivity contribution in [3.8, 4) is 17.1 Å². The quantitative estimate of drug-likeness (QED) is 0.414. The second-order valence-electron chi connectivity index (χ2n) is 9.74. The van der Waals surface area contributed by atoms with Gasteiger partial charge in [-0.2, -0.15) is 17.0 Å². The van der Waals surface area contributed by atoms with Crippen molar-refractivity contribution in [1.29, 1.82) is 0 Å². The lowest BCUT2D eigenvalue weighted by atomic mass is 9.87. The van der Waals surface area contributed by atoms with Gasteiger partial charge in [-0.15, -0.1) is 5.10 Å². The molecular weight excluding hydrogens is 508 g/mol. The normalized spacial score (nSPS) is 18.2. The van der Waals surface area contributed by atoms with Crippen molar-refractivity contribution in [2.45, 2.75) is 51.8 Å². The van der Waals surface area contributed by atoms with Gasteiger partial charge >= 0.3 is 5.97 Å². The SMILES string of the molecule is Cc1nc(-c2nnn(C)c2CN(C)S(=O)(=O)N(C)Cc2ccccc2)ccc1O[C@H]1CCC[C@H](C(=O)O)C1. The summed E-state index contributed by atoms with van der Waals surface area (Å²) >= 11 is 0. The van der Waals surface area contributed by atoms with Crippen LogP contribution in [0.5, 0.6) is 5.75 Å². The summed E-state index contributed by atoms with van der Waals surface area (Å²) in [7, 11) is 1.04. The molecule has 204 valence electrons. The van der Waals surface area contributed by atoms with Crippen molar-refractivity contribution >= 4 is 16.2 Å². The lowest BCUT2D eigenvalue weighted by Crippen LogP contribution is -2.39. The van der Waals surface area contributed by atoms with Gasteiger partial charge in [0.15, 0.2) is 0 Å². The molecule has 1 saturated carbocycles. The van der Waals surface area contributed by atoms with Crippen LogP contribution in [-0.4, -0.2) is 68.3 Å². The minimum atomic E-state index is -3.76. The van der Waals surface area contributed by atoms with Crippen LogP contribution in [0.3, 0.4) is 0 Å². The maximum Gasteiger partial charge on any atom is 0.306 e. The third kappa shape index (κ3) is 6.20. The Morgan fingerprint density at radius 3 is 2.50 bits per heavy atom. The predicted octanol–water partition coefficient (Wildman–Crippen LogP) is 3.02. The average Bonchev–Trinajstić information content (AvgIpc) is 3.25. The van der Waals surface area contributed by atoms with Crippen LogP contribution in [0.4, 0.5) is 0 Å². The molecule has 2 heterocycles. The van der Waals surface area contributed by atoms with Crippen molar-refractivity contribution < 1.29 is 23.1 Å². The lowest BCUT2D eigenvalue weighted by molar-refractivity contribution is -0.143. The van der Waals surface area contributed by atoms with Crippen LogP contribution in [0.1, 0.15) is 42.6 Å². The van der Waals surface area contributed by atoms with Crippen molar-refractivity contribution in [3.63, 3.8) is 0 Å². The molecule has 1 aliphatic carbocycles. The van der Waals surface area contributed by atoms with E-state index < -0.39 is 16.2 Å². The van der Waals surface area contributed by atoms with E-state index in [-0.39, 0.29) is 25.1 Å². The number of pyridine rings is 1. The molecule has 0 radical (unpaired) electrons. The molecule has 38 heavy (non-hydrogen) atoms. The first-order valence-electron chi connectivity index (χ1n) is 12.5. The Kier molecular flexibility index (Phi) is 8.44. The molecular formula is C26H34N6O5S. The Balaban J connectivity index is 1.49. The average molecular weight is 543 g/mol. The molecule has 0 aliphatic heterocycles. The van der Waals surface area contributed by atoms with E-state index in [9.17, 15) is 18.3 Å². The monoisotopic (exact) mass is 542 g/mol. The number of rotatable bonds is 10. The zero-order valence-corrected chi connectivity index (χ0v) is 22.9. The largest absolute Gasteiger partial charge is 0.489 e. The van der Waals surface area contributed by atoms with Crippen molar-refractivity contribution in [2.75, 3.05) is 14.1 Å². The second-order valence-corrected chi connectivity index (χ2v) is 11.9. The standard InChI is InChI=1S/C26H34N6O5S/c1-18-24(37-21-12-8-11-20(15-21)26(33)34)14-13-22(27-18)25-23(32(4)29-28-25)17-31(3)38(35,36)30(2)16-19-9-6-5-7-10-19/h5-7,9-10,13-14,20-21H,8,11-12,15-17H2,1-4H3,(H,33,34)/t20-,21-/m0/s1. The molecule has 0 amide bonds. The highest BCUT2D eigenvalue weighted by Crippen LogP contribution is 2.31. The van der Waals surface area contributed by atoms with Gasteiger partial charge in [0.1, 0.15) is 11.4 Å². The number of carbonyl (C=O) groups is 1. The highest BCUT2D eigenvalue weighted by molar-refractivity contribution is 7.86. The molecule has 0 unspecified atom stereocenters. The zero-order chi connectivity index (χ0) is 27.4. The molecule has 1 fully saturated rings. The zero-order valence-electron chi connectivity index (χ0n) is 22.1. The number of hydrogen-bond donors (Lipinski definition) is 1. The molecule has 1 aromatic carbocycles. The number of ether oxygens (including phenoxy) is 1. The van der Waals surface area contributed by atoms with E-state index in [1.54, 1.807) is 30.9 Å². The number of aromatic nitrogens is 4. The predicted molar refractivity (Wildman–Crippen MR) is 141 cm³/mol. The minimum absolute atomic E-state index is 0.0535. The molecule has 4 rings (SSSR count). The van der Waals surface area contributed by atoms with Crippen LogP contribution < -0.4 is 4.74 Å². The topological polar surface area (TPSA) is 131 Å². The lowest BCUT2D eigenvalue weighted by Gasteiger charge is -2.27. The number of aryl methyl sites for hydroxylation is 2. The maximum absolute atomic E-state index is 13.2. The molecule has 2 aromatic heterocycles. The van der Waals surface area contributed by atoms with Gasteiger partial charge in [0, 0.05) is 27.7 Å². The summed E-state index contributed by atoms with van der Waals surface area (Å²) in [6.45, 7) is 2.12. The van der Waals surface area contributed by atoms with Gasteiger partial charge in [0.05, 0.1) is 35.6 Å². The molecule has 0 saturated heterocycles. The first-order valence-corrected chi connectivity index (χ1v) is 13.9. The molecule has 1 N–H and O–H groups in total. The fourth-order valence-electron chi connectivity index (χ4n) is 4.67. The Bertz CT molecular complexity index is 1380. The van der Waals surface area contributed by atoms with Crippen molar-refractivity contribution in [2.24, 2.45) is 13.0 Å². The van der Waals surface area contributed by atoms with Crippen LogP contribution in [0.15, 0.2) is 42.5 Å². The molecule has 3 aromatic rings. The third-order valence-electron chi connectivity index (χ3n) is 6.90. The Hall–Kier alpha value is -3.35. The van der Waals surface area contributed by atoms with Crippen LogP contribution in [0, 0.1) is 12.8 Å².